The lowest BCUT2D eigenvalue weighted by Crippen LogP contribution is -2.43. The standard InChI is InChI=1S/C16H20BrFN2/c1-15(2,13-8-12(17)4-5-14(13)18)10-20-11-16(9-19)6-3-7-16/h4-5,8,20H,3,6-7,10-11H2,1-2H3. The van der Waals surface area contributed by atoms with Crippen LogP contribution in [0.5, 0.6) is 0 Å². The summed E-state index contributed by atoms with van der Waals surface area (Å²) in [4.78, 5) is 0. The molecular formula is C16H20BrFN2. The molecule has 1 aromatic rings. The molecule has 1 saturated carbocycles. The van der Waals surface area contributed by atoms with Gasteiger partial charge in [-0.1, -0.05) is 36.2 Å². The summed E-state index contributed by atoms with van der Waals surface area (Å²) in [7, 11) is 0. The number of rotatable bonds is 5. The van der Waals surface area contributed by atoms with E-state index in [-0.39, 0.29) is 16.6 Å². The Balaban J connectivity index is 2.00. The zero-order valence-electron chi connectivity index (χ0n) is 12.0. The van der Waals surface area contributed by atoms with Crippen molar-refractivity contribution in [2.75, 3.05) is 13.1 Å². The van der Waals surface area contributed by atoms with E-state index in [4.69, 9.17) is 0 Å². The Morgan fingerprint density at radius 2 is 2.15 bits per heavy atom. The summed E-state index contributed by atoms with van der Waals surface area (Å²) in [5.74, 6) is -0.182. The van der Waals surface area contributed by atoms with Crippen molar-refractivity contribution in [3.8, 4) is 6.07 Å². The molecule has 0 saturated heterocycles. The summed E-state index contributed by atoms with van der Waals surface area (Å²) in [5.41, 5.74) is 0.194. The number of nitrogens with zero attached hydrogens (tertiary/aromatic N) is 1. The molecule has 0 spiro atoms. The molecule has 0 radical (unpaired) electrons. The SMILES string of the molecule is CC(C)(CNCC1(C#N)CCC1)c1cc(Br)ccc1F. The van der Waals surface area contributed by atoms with Gasteiger partial charge in [0.05, 0.1) is 11.5 Å². The van der Waals surface area contributed by atoms with Crippen LogP contribution in [0.15, 0.2) is 22.7 Å². The second-order valence-corrected chi connectivity index (χ2v) is 7.27. The molecular weight excluding hydrogens is 319 g/mol. The largest absolute Gasteiger partial charge is 0.314 e. The molecule has 0 bridgehead atoms. The minimum absolute atomic E-state index is 0.182. The van der Waals surface area contributed by atoms with Crippen molar-refractivity contribution in [3.63, 3.8) is 0 Å². The van der Waals surface area contributed by atoms with Crippen LogP contribution in [0.2, 0.25) is 0 Å². The molecule has 1 fully saturated rings. The predicted molar refractivity (Wildman–Crippen MR) is 81.9 cm³/mol. The third-order valence-corrected chi connectivity index (χ3v) is 4.73. The fourth-order valence-corrected chi connectivity index (χ4v) is 3.02. The lowest BCUT2D eigenvalue weighted by Gasteiger charge is -2.36. The lowest BCUT2D eigenvalue weighted by molar-refractivity contribution is 0.202. The van der Waals surface area contributed by atoms with E-state index < -0.39 is 0 Å². The van der Waals surface area contributed by atoms with Crippen molar-refractivity contribution in [1.29, 1.82) is 5.26 Å². The molecule has 1 N–H and O–H groups in total. The van der Waals surface area contributed by atoms with Crippen molar-refractivity contribution in [1.82, 2.24) is 5.32 Å². The number of nitrogens with one attached hydrogen (secondary N) is 1. The lowest BCUT2D eigenvalue weighted by atomic mass is 9.70. The van der Waals surface area contributed by atoms with Crippen molar-refractivity contribution < 1.29 is 4.39 Å². The number of nitriles is 1. The van der Waals surface area contributed by atoms with Crippen LogP contribution in [0.4, 0.5) is 4.39 Å². The number of hydrogen-bond acceptors (Lipinski definition) is 2. The molecule has 0 unspecified atom stereocenters. The van der Waals surface area contributed by atoms with Crippen molar-refractivity contribution >= 4 is 15.9 Å². The van der Waals surface area contributed by atoms with E-state index in [1.165, 1.54) is 6.07 Å². The topological polar surface area (TPSA) is 35.8 Å². The first kappa shape index (κ1) is 15.5. The Kier molecular flexibility index (Phi) is 4.51. The van der Waals surface area contributed by atoms with Crippen molar-refractivity contribution in [2.24, 2.45) is 5.41 Å². The van der Waals surface area contributed by atoms with Gasteiger partial charge in [0.15, 0.2) is 0 Å². The molecule has 20 heavy (non-hydrogen) atoms. The van der Waals surface area contributed by atoms with Crippen molar-refractivity contribution in [3.05, 3.63) is 34.1 Å². The van der Waals surface area contributed by atoms with Gasteiger partial charge in [0.1, 0.15) is 5.82 Å². The molecule has 1 aliphatic rings. The van der Waals surface area contributed by atoms with E-state index in [1.54, 1.807) is 6.07 Å². The second-order valence-electron chi connectivity index (χ2n) is 6.36. The van der Waals surface area contributed by atoms with Crippen molar-refractivity contribution in [2.45, 2.75) is 38.5 Å². The highest BCUT2D eigenvalue weighted by Gasteiger charge is 2.37. The predicted octanol–water partition coefficient (Wildman–Crippen LogP) is 4.15. The molecule has 0 aliphatic heterocycles. The van der Waals surface area contributed by atoms with Crippen LogP contribution >= 0.6 is 15.9 Å². The maximum Gasteiger partial charge on any atom is 0.127 e. The fraction of sp³-hybridized carbons (Fsp3) is 0.562. The first-order valence-electron chi connectivity index (χ1n) is 6.96. The Labute approximate surface area is 128 Å². The van der Waals surface area contributed by atoms with Gasteiger partial charge in [-0.15, -0.1) is 0 Å². The van der Waals surface area contributed by atoms with E-state index in [0.717, 1.165) is 23.7 Å². The maximum absolute atomic E-state index is 14.0. The molecule has 2 rings (SSSR count). The molecule has 1 aliphatic carbocycles. The van der Waals surface area contributed by atoms with E-state index in [0.29, 0.717) is 18.7 Å². The Morgan fingerprint density at radius 1 is 1.45 bits per heavy atom. The Hall–Kier alpha value is -0.920. The van der Waals surface area contributed by atoms with Gasteiger partial charge in [-0.05, 0) is 36.6 Å². The van der Waals surface area contributed by atoms with Gasteiger partial charge in [0.2, 0.25) is 0 Å². The summed E-state index contributed by atoms with van der Waals surface area (Å²) < 4.78 is 14.9. The van der Waals surface area contributed by atoms with E-state index in [2.05, 4.69) is 27.3 Å². The van der Waals surface area contributed by atoms with Crippen LogP contribution in [0.1, 0.15) is 38.7 Å². The van der Waals surface area contributed by atoms with Gasteiger partial charge in [-0.3, -0.25) is 0 Å². The molecule has 0 amide bonds. The van der Waals surface area contributed by atoms with Gasteiger partial charge in [0.25, 0.3) is 0 Å². The van der Waals surface area contributed by atoms with Crippen LogP contribution in [-0.2, 0) is 5.41 Å². The first-order valence-corrected chi connectivity index (χ1v) is 7.75. The van der Waals surface area contributed by atoms with Gasteiger partial charge >= 0.3 is 0 Å². The Bertz CT molecular complexity index is 530. The summed E-state index contributed by atoms with van der Waals surface area (Å²) in [6.07, 6.45) is 3.09. The smallest absolute Gasteiger partial charge is 0.127 e. The van der Waals surface area contributed by atoms with Crippen LogP contribution in [0.3, 0.4) is 0 Å². The Morgan fingerprint density at radius 3 is 2.70 bits per heavy atom. The molecule has 2 nitrogen and oxygen atoms in total. The third kappa shape index (κ3) is 3.21. The molecule has 4 heteroatoms. The normalized spacial score (nSPS) is 17.4. The van der Waals surface area contributed by atoms with Gasteiger partial charge in [-0.2, -0.15) is 5.26 Å². The molecule has 108 valence electrons. The summed E-state index contributed by atoms with van der Waals surface area (Å²) >= 11 is 3.39. The molecule has 0 atom stereocenters. The average Bonchev–Trinajstić information content (AvgIpc) is 2.35. The average molecular weight is 339 g/mol. The monoisotopic (exact) mass is 338 g/mol. The molecule has 0 heterocycles. The van der Waals surface area contributed by atoms with Crippen LogP contribution < -0.4 is 5.32 Å². The molecule has 0 aromatic heterocycles. The van der Waals surface area contributed by atoms with Crippen LogP contribution in [-0.4, -0.2) is 13.1 Å². The van der Waals surface area contributed by atoms with E-state index >= 15 is 0 Å². The quantitative estimate of drug-likeness (QED) is 0.875. The summed E-state index contributed by atoms with van der Waals surface area (Å²) in [6, 6.07) is 7.45. The first-order chi connectivity index (χ1) is 9.38. The maximum atomic E-state index is 14.0. The number of halogens is 2. The molecule has 1 aromatic carbocycles. The zero-order valence-corrected chi connectivity index (χ0v) is 13.6. The minimum atomic E-state index is -0.311. The van der Waals surface area contributed by atoms with Crippen LogP contribution in [0, 0.1) is 22.6 Å². The van der Waals surface area contributed by atoms with E-state index in [9.17, 15) is 9.65 Å². The van der Waals surface area contributed by atoms with Gasteiger partial charge in [0, 0.05) is 23.0 Å². The highest BCUT2D eigenvalue weighted by Crippen LogP contribution is 2.39. The third-order valence-electron chi connectivity index (χ3n) is 4.24. The summed E-state index contributed by atoms with van der Waals surface area (Å²) in [5, 5.41) is 12.6. The van der Waals surface area contributed by atoms with Gasteiger partial charge in [-0.25, -0.2) is 4.39 Å². The van der Waals surface area contributed by atoms with E-state index in [1.807, 2.05) is 19.9 Å². The number of benzene rings is 1. The second kappa shape index (κ2) is 5.83. The van der Waals surface area contributed by atoms with Crippen LogP contribution in [0.25, 0.3) is 0 Å². The minimum Gasteiger partial charge on any atom is -0.314 e. The highest BCUT2D eigenvalue weighted by molar-refractivity contribution is 9.10. The zero-order chi connectivity index (χ0) is 14.8. The highest BCUT2D eigenvalue weighted by atomic mass is 79.9. The fourth-order valence-electron chi connectivity index (χ4n) is 2.66. The number of hydrogen-bond donors (Lipinski definition) is 1. The summed E-state index contributed by atoms with van der Waals surface area (Å²) in [6.45, 7) is 5.39. The van der Waals surface area contributed by atoms with Gasteiger partial charge < -0.3 is 5.32 Å².